The van der Waals surface area contributed by atoms with Crippen molar-refractivity contribution in [1.82, 2.24) is 35.1 Å². The van der Waals surface area contributed by atoms with E-state index in [1.54, 1.807) is 18.7 Å². The van der Waals surface area contributed by atoms with E-state index in [0.29, 0.717) is 30.7 Å². The second-order valence-electron chi connectivity index (χ2n) is 6.63. The van der Waals surface area contributed by atoms with Crippen LogP contribution in [0.2, 0.25) is 0 Å². The summed E-state index contributed by atoms with van der Waals surface area (Å²) >= 11 is 0. The molecule has 0 amide bonds. The third kappa shape index (κ3) is 4.44. The van der Waals surface area contributed by atoms with E-state index in [0.717, 1.165) is 44.0 Å². The lowest BCUT2D eigenvalue weighted by Gasteiger charge is -2.32. The summed E-state index contributed by atoms with van der Waals surface area (Å²) in [6, 6.07) is 0.293. The molecule has 1 saturated heterocycles. The van der Waals surface area contributed by atoms with Crippen LogP contribution in [-0.4, -0.2) is 67.9 Å². The molecule has 0 unspecified atom stereocenters. The Morgan fingerprint density at radius 2 is 2.08 bits per heavy atom. The summed E-state index contributed by atoms with van der Waals surface area (Å²) in [6.45, 7) is 7.47. The first-order valence-electron chi connectivity index (χ1n) is 8.87. The zero-order valence-electron chi connectivity index (χ0n) is 15.5. The Kier molecular flexibility index (Phi) is 5.94. The molecule has 3 rings (SSSR count). The SMILES string of the molecule is COCCn1nnnc1CN1CCC(Nc2nc(C)c(C)c(=O)[nH]2)CC1. The number of ether oxygens (including phenoxy) is 1. The van der Waals surface area contributed by atoms with Gasteiger partial charge in [0.25, 0.3) is 5.56 Å². The molecule has 0 saturated carbocycles. The zero-order valence-corrected chi connectivity index (χ0v) is 15.5. The first-order chi connectivity index (χ1) is 12.6. The van der Waals surface area contributed by atoms with Crippen LogP contribution in [0.5, 0.6) is 0 Å². The number of tetrazole rings is 1. The molecule has 142 valence electrons. The van der Waals surface area contributed by atoms with Crippen LogP contribution in [0.15, 0.2) is 4.79 Å². The molecule has 26 heavy (non-hydrogen) atoms. The summed E-state index contributed by atoms with van der Waals surface area (Å²) in [5.74, 6) is 1.41. The average Bonchev–Trinajstić information content (AvgIpc) is 3.06. The number of rotatable bonds is 7. The third-order valence-electron chi connectivity index (χ3n) is 4.80. The van der Waals surface area contributed by atoms with Gasteiger partial charge in [-0.15, -0.1) is 5.10 Å². The van der Waals surface area contributed by atoms with Crippen LogP contribution < -0.4 is 10.9 Å². The fraction of sp³-hybridized carbons (Fsp3) is 0.688. The number of aromatic amines is 1. The standard InChI is InChI=1S/C16H26N8O2/c1-11-12(2)17-16(19-15(11)25)18-13-4-6-23(7-5-13)10-14-20-21-22-24(14)8-9-26-3/h13H,4-10H2,1-3H3,(H2,17,18,19,25). The van der Waals surface area contributed by atoms with Crippen LogP contribution in [0.25, 0.3) is 0 Å². The van der Waals surface area contributed by atoms with Crippen LogP contribution in [0.4, 0.5) is 5.95 Å². The molecule has 0 bridgehead atoms. The Labute approximate surface area is 152 Å². The van der Waals surface area contributed by atoms with Crippen molar-refractivity contribution in [3.63, 3.8) is 0 Å². The maximum atomic E-state index is 11.9. The van der Waals surface area contributed by atoms with E-state index in [2.05, 4.69) is 35.7 Å². The molecule has 1 aliphatic heterocycles. The predicted octanol–water partition coefficient (Wildman–Crippen LogP) is 0.0961. The molecule has 1 aliphatic rings. The Morgan fingerprint density at radius 3 is 2.77 bits per heavy atom. The molecular formula is C16H26N8O2. The number of nitrogens with zero attached hydrogens (tertiary/aromatic N) is 6. The zero-order chi connectivity index (χ0) is 18.5. The number of hydrogen-bond acceptors (Lipinski definition) is 8. The van der Waals surface area contributed by atoms with Crippen molar-refractivity contribution in [2.24, 2.45) is 0 Å². The minimum absolute atomic E-state index is 0.0830. The van der Waals surface area contributed by atoms with E-state index < -0.39 is 0 Å². The number of H-pyrrole nitrogens is 1. The monoisotopic (exact) mass is 362 g/mol. The summed E-state index contributed by atoms with van der Waals surface area (Å²) in [4.78, 5) is 21.4. The smallest absolute Gasteiger partial charge is 0.255 e. The molecule has 0 aliphatic carbocycles. The highest BCUT2D eigenvalue weighted by Gasteiger charge is 2.21. The fourth-order valence-electron chi connectivity index (χ4n) is 3.03. The van der Waals surface area contributed by atoms with Gasteiger partial charge >= 0.3 is 0 Å². The first-order valence-corrected chi connectivity index (χ1v) is 8.87. The number of nitrogens with one attached hydrogen (secondary N) is 2. The van der Waals surface area contributed by atoms with Crippen LogP contribution in [0.1, 0.15) is 29.9 Å². The molecule has 3 heterocycles. The van der Waals surface area contributed by atoms with Gasteiger partial charge in [-0.05, 0) is 37.1 Å². The van der Waals surface area contributed by atoms with E-state index in [1.807, 2.05) is 6.92 Å². The minimum Gasteiger partial charge on any atom is -0.383 e. The Morgan fingerprint density at radius 1 is 1.31 bits per heavy atom. The first kappa shape index (κ1) is 18.5. The summed E-state index contributed by atoms with van der Waals surface area (Å²) < 4.78 is 6.87. The number of likely N-dealkylation sites (tertiary alicyclic amines) is 1. The highest BCUT2D eigenvalue weighted by molar-refractivity contribution is 5.30. The third-order valence-corrected chi connectivity index (χ3v) is 4.80. The van der Waals surface area contributed by atoms with Gasteiger partial charge in [-0.1, -0.05) is 0 Å². The number of piperidine rings is 1. The van der Waals surface area contributed by atoms with Gasteiger partial charge in [-0.3, -0.25) is 14.7 Å². The van der Waals surface area contributed by atoms with Gasteiger partial charge in [-0.2, -0.15) is 0 Å². The van der Waals surface area contributed by atoms with Gasteiger partial charge in [0.05, 0.1) is 19.7 Å². The topological polar surface area (TPSA) is 114 Å². The molecule has 0 aromatic carbocycles. The Bertz CT molecular complexity index is 779. The quantitative estimate of drug-likeness (QED) is 0.713. The lowest BCUT2D eigenvalue weighted by Crippen LogP contribution is -2.39. The lowest BCUT2D eigenvalue weighted by molar-refractivity contribution is 0.174. The second kappa shape index (κ2) is 8.37. The molecule has 10 heteroatoms. The summed E-state index contributed by atoms with van der Waals surface area (Å²) in [5.41, 5.74) is 1.34. The normalized spacial score (nSPS) is 16.1. The predicted molar refractivity (Wildman–Crippen MR) is 95.9 cm³/mol. The van der Waals surface area contributed by atoms with Crippen LogP contribution in [0.3, 0.4) is 0 Å². The lowest BCUT2D eigenvalue weighted by atomic mass is 10.1. The molecule has 0 spiro atoms. The maximum Gasteiger partial charge on any atom is 0.255 e. The molecule has 0 atom stereocenters. The largest absolute Gasteiger partial charge is 0.383 e. The van der Waals surface area contributed by atoms with Crippen molar-refractivity contribution >= 4 is 5.95 Å². The molecular weight excluding hydrogens is 336 g/mol. The summed E-state index contributed by atoms with van der Waals surface area (Å²) in [5, 5.41) is 15.2. The molecule has 10 nitrogen and oxygen atoms in total. The van der Waals surface area contributed by atoms with E-state index in [9.17, 15) is 4.79 Å². The van der Waals surface area contributed by atoms with Gasteiger partial charge < -0.3 is 10.1 Å². The van der Waals surface area contributed by atoms with Crippen molar-refractivity contribution < 1.29 is 4.74 Å². The van der Waals surface area contributed by atoms with Gasteiger partial charge in [0.1, 0.15) is 0 Å². The van der Waals surface area contributed by atoms with Crippen molar-refractivity contribution in [3.05, 3.63) is 27.4 Å². The molecule has 2 aromatic rings. The number of anilines is 1. The van der Waals surface area contributed by atoms with E-state index in [4.69, 9.17) is 4.74 Å². The molecule has 2 aromatic heterocycles. The number of aryl methyl sites for hydroxylation is 1. The highest BCUT2D eigenvalue weighted by Crippen LogP contribution is 2.16. The summed E-state index contributed by atoms with van der Waals surface area (Å²) in [6.07, 6.45) is 1.94. The van der Waals surface area contributed by atoms with Crippen molar-refractivity contribution in [2.45, 2.75) is 45.8 Å². The highest BCUT2D eigenvalue weighted by atomic mass is 16.5. The second-order valence-corrected chi connectivity index (χ2v) is 6.63. The number of methoxy groups -OCH3 is 1. The molecule has 0 radical (unpaired) electrons. The fourth-order valence-corrected chi connectivity index (χ4v) is 3.03. The Hall–Kier alpha value is -2.33. The maximum absolute atomic E-state index is 11.9. The van der Waals surface area contributed by atoms with Crippen molar-refractivity contribution in [1.29, 1.82) is 0 Å². The molecule has 2 N–H and O–H groups in total. The van der Waals surface area contributed by atoms with E-state index >= 15 is 0 Å². The summed E-state index contributed by atoms with van der Waals surface area (Å²) in [7, 11) is 1.67. The minimum atomic E-state index is -0.0830. The van der Waals surface area contributed by atoms with Gasteiger partial charge in [0, 0.05) is 37.5 Å². The molecule has 1 fully saturated rings. The van der Waals surface area contributed by atoms with Crippen LogP contribution in [-0.2, 0) is 17.8 Å². The number of hydrogen-bond donors (Lipinski definition) is 2. The van der Waals surface area contributed by atoms with Crippen molar-refractivity contribution in [3.8, 4) is 0 Å². The average molecular weight is 362 g/mol. The van der Waals surface area contributed by atoms with Crippen LogP contribution in [0, 0.1) is 13.8 Å². The van der Waals surface area contributed by atoms with E-state index in [1.165, 1.54) is 0 Å². The van der Waals surface area contributed by atoms with Gasteiger partial charge in [0.2, 0.25) is 5.95 Å². The van der Waals surface area contributed by atoms with Crippen LogP contribution >= 0.6 is 0 Å². The van der Waals surface area contributed by atoms with Gasteiger partial charge in [0.15, 0.2) is 5.82 Å². The van der Waals surface area contributed by atoms with E-state index in [-0.39, 0.29) is 5.56 Å². The van der Waals surface area contributed by atoms with Crippen molar-refractivity contribution in [2.75, 3.05) is 32.1 Å². The Balaban J connectivity index is 1.52. The number of aromatic nitrogens is 6. The van der Waals surface area contributed by atoms with Gasteiger partial charge in [-0.25, -0.2) is 9.67 Å².